The van der Waals surface area contributed by atoms with Crippen LogP contribution in [0.4, 0.5) is 0 Å². The number of rotatable bonds is 1. The Labute approximate surface area is 384 Å². The molecule has 0 amide bonds. The Morgan fingerprint density at radius 2 is 0.508 bits per heavy atom. The molecule has 0 nitrogen and oxygen atoms in total. The van der Waals surface area contributed by atoms with Gasteiger partial charge in [-0.3, -0.25) is 0 Å². The summed E-state index contributed by atoms with van der Waals surface area (Å²) in [6.07, 6.45) is 0. The molecule has 0 aromatic heterocycles. The van der Waals surface area contributed by atoms with Crippen LogP contribution in [-0.4, -0.2) is 0 Å². The van der Waals surface area contributed by atoms with Crippen molar-refractivity contribution >= 4 is 10.8 Å². The summed E-state index contributed by atoms with van der Waals surface area (Å²) in [5, 5.41) is 2.62. The molecule has 1 fully saturated rings. The third-order valence-corrected chi connectivity index (χ3v) is 11.6. The predicted molar refractivity (Wildman–Crippen MR) is 275 cm³/mol. The van der Waals surface area contributed by atoms with E-state index in [1.807, 2.05) is 91.8 Å². The maximum atomic E-state index is 2.40. The van der Waals surface area contributed by atoms with Crippen LogP contribution in [0.3, 0.4) is 0 Å². The van der Waals surface area contributed by atoms with Crippen molar-refractivity contribution in [1.29, 1.82) is 0 Å². The zero-order valence-electron chi connectivity index (χ0n) is 43.2. The Hall–Kier alpha value is -3.02. The van der Waals surface area contributed by atoms with Crippen LogP contribution >= 0.6 is 0 Å². The van der Waals surface area contributed by atoms with Gasteiger partial charge in [0.25, 0.3) is 0 Å². The van der Waals surface area contributed by atoms with E-state index in [0.717, 1.165) is 29.6 Å². The summed E-state index contributed by atoms with van der Waals surface area (Å²) in [5.41, 5.74) is 11.5. The van der Waals surface area contributed by atoms with Gasteiger partial charge in [0.2, 0.25) is 0 Å². The number of hydrogen-bond donors (Lipinski definition) is 0. The second kappa shape index (κ2) is 40.4. The van der Waals surface area contributed by atoms with Crippen molar-refractivity contribution in [2.75, 3.05) is 0 Å². The largest absolute Gasteiger partial charge is 2.00 e. The fourth-order valence-corrected chi connectivity index (χ4v) is 6.55. The van der Waals surface area contributed by atoms with Gasteiger partial charge in [0, 0.05) is 0 Å². The van der Waals surface area contributed by atoms with Crippen molar-refractivity contribution in [3.63, 3.8) is 0 Å². The Balaban J connectivity index is -0.000000142. The van der Waals surface area contributed by atoms with Crippen LogP contribution in [0.1, 0.15) is 154 Å². The predicted octanol–water partition coefficient (Wildman–Crippen LogP) is 19.4. The molecular formula is C58H96Ru. The van der Waals surface area contributed by atoms with Crippen molar-refractivity contribution in [2.45, 2.75) is 158 Å². The molecule has 0 atom stereocenters. The van der Waals surface area contributed by atoms with Crippen LogP contribution in [0, 0.1) is 92.9 Å². The molecule has 0 heterocycles. The molecule has 0 radical (unpaired) electrons. The fourth-order valence-electron chi connectivity index (χ4n) is 6.55. The standard InChI is InChI=1S/C12H18.C10H8.C10H14.C10H20.C6H6.4C2H6.2CH3.Ru/c1-7-8(2)10(4)12(6)11(5)9(7)3;1-2-6-10-8-4-3-7-9(10)5-1;1-8(2)10-6-4-9(3)5-7-10;1-6-7(2)9(4)10(5)8(6)3;1-2-4-6-5-3-1;4*1-2;;;/h1-6H3;1-8H;4-8H,1-3H3;6-10H,1-5H3;1-6H;4*1-2H3;2*1H3;/q;;;;;;;;;2*-1;+2. The van der Waals surface area contributed by atoms with E-state index < -0.39 is 0 Å². The van der Waals surface area contributed by atoms with Gasteiger partial charge in [-0.15, -0.1) is 0 Å². The summed E-state index contributed by atoms with van der Waals surface area (Å²) in [6, 6.07) is 37.4. The molecule has 5 aromatic rings. The number of aryl methyl sites for hydroxylation is 1. The van der Waals surface area contributed by atoms with Gasteiger partial charge >= 0.3 is 19.5 Å². The van der Waals surface area contributed by atoms with Gasteiger partial charge in [-0.1, -0.05) is 219 Å². The molecule has 1 saturated carbocycles. The molecule has 1 aliphatic rings. The molecule has 59 heavy (non-hydrogen) atoms. The molecule has 0 unspecified atom stereocenters. The Kier molecular flexibility index (Phi) is 46.4. The van der Waals surface area contributed by atoms with Gasteiger partial charge < -0.3 is 14.9 Å². The van der Waals surface area contributed by atoms with Crippen LogP contribution in [0.5, 0.6) is 0 Å². The van der Waals surface area contributed by atoms with Crippen molar-refractivity contribution in [3.8, 4) is 0 Å². The van der Waals surface area contributed by atoms with E-state index in [4.69, 9.17) is 0 Å². The summed E-state index contributed by atoms with van der Waals surface area (Å²) in [6.45, 7) is 47.8. The molecule has 5 aromatic carbocycles. The Bertz CT molecular complexity index is 1390. The van der Waals surface area contributed by atoms with Crippen LogP contribution in [0.15, 0.2) is 109 Å². The monoisotopic (exact) mass is 895 g/mol. The average Bonchev–Trinajstić information content (AvgIpc) is 3.43. The zero-order valence-corrected chi connectivity index (χ0v) is 44.9. The van der Waals surface area contributed by atoms with Crippen LogP contribution in [0.25, 0.3) is 10.8 Å². The van der Waals surface area contributed by atoms with Crippen LogP contribution in [0.2, 0.25) is 0 Å². The first-order chi connectivity index (χ1) is 26.7. The van der Waals surface area contributed by atoms with Gasteiger partial charge in [0.1, 0.15) is 0 Å². The molecular weight excluding hydrogens is 798 g/mol. The van der Waals surface area contributed by atoms with Crippen molar-refractivity contribution in [1.82, 2.24) is 0 Å². The van der Waals surface area contributed by atoms with E-state index in [-0.39, 0.29) is 34.3 Å². The summed E-state index contributed by atoms with van der Waals surface area (Å²) >= 11 is 0. The number of benzene rings is 5. The topological polar surface area (TPSA) is 0 Å². The Morgan fingerprint density at radius 3 is 0.678 bits per heavy atom. The third-order valence-electron chi connectivity index (χ3n) is 11.6. The number of fused-ring (bicyclic) bond motifs is 1. The molecule has 0 spiro atoms. The SMILES string of the molecule is CC.CC.CC.CC.CC1C(C)C(C)C(C)C1C.Cc1c(C)c(C)c(C)c(C)c1C.Cc1ccc(C(C)C)cc1.[CH3-].[CH3-].[Ru+2].c1ccc2ccccc2c1.c1ccccc1. The van der Waals surface area contributed by atoms with Crippen molar-refractivity contribution in [3.05, 3.63) is 169 Å². The zero-order chi connectivity index (χ0) is 44.0. The maximum absolute atomic E-state index is 2.40. The minimum absolute atomic E-state index is 0. The molecule has 0 aliphatic heterocycles. The fraction of sp³-hybridized carbons (Fsp3) is 0.483. The molecule has 0 N–H and O–H groups in total. The van der Waals surface area contributed by atoms with E-state index >= 15 is 0 Å². The van der Waals surface area contributed by atoms with Gasteiger partial charge in [-0.25, -0.2) is 0 Å². The van der Waals surface area contributed by atoms with Gasteiger partial charge in [0.05, 0.1) is 0 Å². The summed E-state index contributed by atoms with van der Waals surface area (Å²) in [5.74, 6) is 5.33. The smallest absolute Gasteiger partial charge is 0.358 e. The van der Waals surface area contributed by atoms with Gasteiger partial charge in [-0.2, -0.15) is 0 Å². The first kappa shape index (κ1) is 67.7. The van der Waals surface area contributed by atoms with E-state index in [2.05, 4.69) is 170 Å². The molecule has 336 valence electrons. The van der Waals surface area contributed by atoms with Crippen molar-refractivity contribution < 1.29 is 19.5 Å². The summed E-state index contributed by atoms with van der Waals surface area (Å²) in [4.78, 5) is 0. The summed E-state index contributed by atoms with van der Waals surface area (Å²) < 4.78 is 0. The molecule has 0 bridgehead atoms. The second-order valence-electron chi connectivity index (χ2n) is 14.6. The minimum atomic E-state index is 0. The van der Waals surface area contributed by atoms with E-state index in [0.29, 0.717) is 5.92 Å². The maximum Gasteiger partial charge on any atom is 2.00 e. The Morgan fingerprint density at radius 1 is 0.322 bits per heavy atom. The van der Waals surface area contributed by atoms with Gasteiger partial charge in [-0.05, 0) is 134 Å². The molecule has 0 saturated heterocycles. The minimum Gasteiger partial charge on any atom is -0.358 e. The summed E-state index contributed by atoms with van der Waals surface area (Å²) in [7, 11) is 0. The molecule has 1 heteroatoms. The van der Waals surface area contributed by atoms with E-state index in [1.54, 1.807) is 0 Å². The first-order valence-corrected chi connectivity index (χ1v) is 22.2. The molecule has 6 rings (SSSR count). The number of hydrogen-bond acceptors (Lipinski definition) is 0. The third kappa shape index (κ3) is 24.7. The van der Waals surface area contributed by atoms with Gasteiger partial charge in [0.15, 0.2) is 0 Å². The first-order valence-electron chi connectivity index (χ1n) is 22.2. The van der Waals surface area contributed by atoms with Crippen molar-refractivity contribution in [2.24, 2.45) is 29.6 Å². The average molecular weight is 894 g/mol. The quantitative estimate of drug-likeness (QED) is 0.116. The van der Waals surface area contributed by atoms with Crippen LogP contribution < -0.4 is 0 Å². The normalized spacial score (nSPS) is 16.2. The second-order valence-corrected chi connectivity index (χ2v) is 14.6. The molecule has 1 aliphatic carbocycles. The van der Waals surface area contributed by atoms with E-state index in [1.165, 1.54) is 55.3 Å². The van der Waals surface area contributed by atoms with E-state index in [9.17, 15) is 0 Å². The van der Waals surface area contributed by atoms with Crippen LogP contribution in [-0.2, 0) is 19.5 Å².